The number of ether oxygens (including phenoxy) is 5. The van der Waals surface area contributed by atoms with Gasteiger partial charge in [0, 0.05) is 31.6 Å². The fraction of sp³-hybridized carbons (Fsp3) is 0.312. The van der Waals surface area contributed by atoms with E-state index in [9.17, 15) is 4.79 Å². The van der Waals surface area contributed by atoms with E-state index in [4.69, 9.17) is 33.8 Å². The number of rotatable bonds is 15. The van der Waals surface area contributed by atoms with Gasteiger partial charge in [0.2, 0.25) is 5.90 Å². The number of nitrogens with zero attached hydrogens (tertiary/aromatic N) is 1. The van der Waals surface area contributed by atoms with Crippen LogP contribution >= 0.6 is 0 Å². The summed E-state index contributed by atoms with van der Waals surface area (Å²) in [7, 11) is 4.73. The predicted molar refractivity (Wildman–Crippen MR) is 159 cm³/mol. The molecule has 0 spiro atoms. The molecule has 222 valence electrons. The van der Waals surface area contributed by atoms with Crippen molar-refractivity contribution in [1.29, 1.82) is 0 Å². The van der Waals surface area contributed by atoms with Crippen LogP contribution in [0.5, 0.6) is 23.0 Å². The number of hydrazine groups is 1. The number of aliphatic imine (C=N–C) groups is 1. The number of hydrogen-bond donors (Lipinski definition) is 3. The van der Waals surface area contributed by atoms with Gasteiger partial charge in [-0.1, -0.05) is 24.3 Å². The lowest BCUT2D eigenvalue weighted by atomic mass is 9.84. The summed E-state index contributed by atoms with van der Waals surface area (Å²) >= 11 is 0. The number of nitrogens with one attached hydrogen (secondary N) is 2. The Labute approximate surface area is 245 Å². The van der Waals surface area contributed by atoms with E-state index in [2.05, 4.69) is 17.4 Å². The summed E-state index contributed by atoms with van der Waals surface area (Å²) < 4.78 is 28.2. The third-order valence-corrected chi connectivity index (χ3v) is 6.82. The van der Waals surface area contributed by atoms with Crippen LogP contribution in [0.4, 0.5) is 0 Å². The Balaban J connectivity index is 1.61. The average Bonchev–Trinajstić information content (AvgIpc) is 3.42. The lowest BCUT2D eigenvalue weighted by Gasteiger charge is -2.30. The summed E-state index contributed by atoms with van der Waals surface area (Å²) in [6.07, 6.45) is 1.66. The quantitative estimate of drug-likeness (QED) is 0.141. The molecule has 2 atom stereocenters. The van der Waals surface area contributed by atoms with E-state index < -0.39 is 11.6 Å². The standard InChI is InChI=1S/C32H37N3O7/c1-5-16-32(31(37)35-33-21-22-10-15-27(39-3)28(19-22)40-4)29(24-8-6-9-26(20-24)38-2)42-30(34-32)23-11-13-25(14-12-23)41-18-7-17-36/h5-6,8-15,19-20,29,33,36H,1,7,16-18,21H2,2-4H3,(H,35,37)/t29-,32-/m0/s1. The van der Waals surface area contributed by atoms with E-state index >= 15 is 0 Å². The zero-order chi connectivity index (χ0) is 30.0. The van der Waals surface area contributed by atoms with Crippen molar-refractivity contribution in [1.82, 2.24) is 10.9 Å². The Morgan fingerprint density at radius 3 is 2.50 bits per heavy atom. The van der Waals surface area contributed by atoms with E-state index in [-0.39, 0.29) is 18.9 Å². The molecule has 0 aromatic heterocycles. The summed E-state index contributed by atoms with van der Waals surface area (Å²) in [4.78, 5) is 18.9. The maximum absolute atomic E-state index is 14.0. The zero-order valence-corrected chi connectivity index (χ0v) is 24.1. The number of benzene rings is 3. The molecule has 0 saturated heterocycles. The minimum Gasteiger partial charge on any atom is -0.497 e. The van der Waals surface area contributed by atoms with Gasteiger partial charge >= 0.3 is 0 Å². The van der Waals surface area contributed by atoms with Gasteiger partial charge in [-0.05, 0) is 59.7 Å². The number of amides is 1. The molecule has 0 bridgehead atoms. The molecular weight excluding hydrogens is 538 g/mol. The van der Waals surface area contributed by atoms with Crippen molar-refractivity contribution < 1.29 is 33.6 Å². The molecule has 42 heavy (non-hydrogen) atoms. The SMILES string of the molecule is C=CC[C@]1(C(=O)NNCc2ccc(OC)c(OC)c2)N=C(c2ccc(OCCCO)cc2)O[C@H]1c1cccc(OC)c1. The summed E-state index contributed by atoms with van der Waals surface area (Å²) in [6.45, 7) is 4.71. The van der Waals surface area contributed by atoms with Crippen molar-refractivity contribution in [3.05, 3.63) is 96.1 Å². The van der Waals surface area contributed by atoms with Gasteiger partial charge in [0.05, 0.1) is 27.9 Å². The number of hydrogen-bond acceptors (Lipinski definition) is 9. The Morgan fingerprint density at radius 1 is 1.02 bits per heavy atom. The lowest BCUT2D eigenvalue weighted by molar-refractivity contribution is -0.129. The molecule has 3 aromatic rings. The molecule has 1 aliphatic rings. The molecule has 10 nitrogen and oxygen atoms in total. The number of carbonyl (C=O) groups excluding carboxylic acids is 1. The van der Waals surface area contributed by atoms with Gasteiger partial charge in [-0.3, -0.25) is 10.2 Å². The predicted octanol–water partition coefficient (Wildman–Crippen LogP) is 4.13. The van der Waals surface area contributed by atoms with Crippen LogP contribution in [0, 0.1) is 0 Å². The molecule has 1 amide bonds. The number of aliphatic hydroxyl groups is 1. The first-order valence-corrected chi connectivity index (χ1v) is 13.6. The van der Waals surface area contributed by atoms with Crippen molar-refractivity contribution in [3.8, 4) is 23.0 Å². The van der Waals surface area contributed by atoms with Crippen LogP contribution < -0.4 is 29.8 Å². The fourth-order valence-electron chi connectivity index (χ4n) is 4.67. The fourth-order valence-corrected chi connectivity index (χ4v) is 4.67. The molecule has 4 rings (SSSR count). The summed E-state index contributed by atoms with van der Waals surface area (Å²) in [5.74, 6) is 2.44. The van der Waals surface area contributed by atoms with Crippen LogP contribution in [0.25, 0.3) is 0 Å². The first-order valence-electron chi connectivity index (χ1n) is 13.6. The second-order valence-electron chi connectivity index (χ2n) is 9.56. The third kappa shape index (κ3) is 6.84. The van der Waals surface area contributed by atoms with Crippen molar-refractivity contribution in [2.24, 2.45) is 4.99 Å². The van der Waals surface area contributed by atoms with Gasteiger partial charge in [-0.2, -0.15) is 0 Å². The highest BCUT2D eigenvalue weighted by Crippen LogP contribution is 2.43. The average molecular weight is 576 g/mol. The van der Waals surface area contributed by atoms with E-state index in [1.54, 1.807) is 45.6 Å². The van der Waals surface area contributed by atoms with Crippen molar-refractivity contribution in [2.45, 2.75) is 31.0 Å². The van der Waals surface area contributed by atoms with E-state index in [1.807, 2.05) is 48.5 Å². The van der Waals surface area contributed by atoms with Crippen LogP contribution in [-0.4, -0.2) is 57.0 Å². The maximum atomic E-state index is 14.0. The molecule has 3 N–H and O–H groups in total. The number of carbonyl (C=O) groups is 1. The van der Waals surface area contributed by atoms with E-state index in [1.165, 1.54) is 0 Å². The van der Waals surface area contributed by atoms with Crippen LogP contribution in [0.15, 0.2) is 84.4 Å². The molecule has 10 heteroatoms. The summed E-state index contributed by atoms with van der Waals surface area (Å²) in [5.41, 5.74) is 6.79. The highest BCUT2D eigenvalue weighted by atomic mass is 16.5. The van der Waals surface area contributed by atoms with Gasteiger partial charge in [-0.25, -0.2) is 10.4 Å². The molecule has 0 fully saturated rings. The molecule has 0 aliphatic carbocycles. The Hall–Kier alpha value is -4.54. The minimum absolute atomic E-state index is 0.0605. The zero-order valence-electron chi connectivity index (χ0n) is 24.1. The largest absolute Gasteiger partial charge is 0.497 e. The molecule has 1 heterocycles. The number of aliphatic hydroxyl groups excluding tert-OH is 1. The highest BCUT2D eigenvalue weighted by Gasteiger charge is 2.52. The Morgan fingerprint density at radius 2 is 1.81 bits per heavy atom. The molecular formula is C32H37N3O7. The molecule has 0 saturated carbocycles. The molecule has 0 radical (unpaired) electrons. The normalized spacial score (nSPS) is 17.5. The summed E-state index contributed by atoms with van der Waals surface area (Å²) in [6, 6.07) is 20.2. The highest BCUT2D eigenvalue weighted by molar-refractivity contribution is 6.01. The smallest absolute Gasteiger partial charge is 0.266 e. The maximum Gasteiger partial charge on any atom is 0.266 e. The van der Waals surface area contributed by atoms with Crippen LogP contribution in [0.3, 0.4) is 0 Å². The van der Waals surface area contributed by atoms with Gasteiger partial charge in [0.25, 0.3) is 5.91 Å². The van der Waals surface area contributed by atoms with Crippen molar-refractivity contribution >= 4 is 11.8 Å². The second-order valence-corrected chi connectivity index (χ2v) is 9.56. The van der Waals surface area contributed by atoms with Crippen LogP contribution in [-0.2, 0) is 16.1 Å². The summed E-state index contributed by atoms with van der Waals surface area (Å²) in [5, 5.41) is 9.00. The van der Waals surface area contributed by atoms with Gasteiger partial charge in [0.15, 0.2) is 23.1 Å². The van der Waals surface area contributed by atoms with Crippen LogP contribution in [0.2, 0.25) is 0 Å². The first-order chi connectivity index (χ1) is 20.5. The van der Waals surface area contributed by atoms with E-state index in [0.717, 1.165) is 11.1 Å². The minimum atomic E-state index is -1.36. The second kappa shape index (κ2) is 14.4. The molecule has 3 aromatic carbocycles. The lowest BCUT2D eigenvalue weighted by Crippen LogP contribution is -2.52. The van der Waals surface area contributed by atoms with Gasteiger partial charge in [0.1, 0.15) is 11.5 Å². The van der Waals surface area contributed by atoms with E-state index in [0.29, 0.717) is 54.0 Å². The Kier molecular flexibility index (Phi) is 10.4. The van der Waals surface area contributed by atoms with Crippen molar-refractivity contribution in [2.75, 3.05) is 34.5 Å². The monoisotopic (exact) mass is 575 g/mol. The van der Waals surface area contributed by atoms with Crippen LogP contribution in [0.1, 0.15) is 35.6 Å². The van der Waals surface area contributed by atoms with Crippen molar-refractivity contribution in [3.63, 3.8) is 0 Å². The molecule has 0 unspecified atom stereocenters. The number of methoxy groups -OCH3 is 3. The molecule has 1 aliphatic heterocycles. The first kappa shape index (κ1) is 30.4. The van der Waals surface area contributed by atoms with Gasteiger partial charge in [-0.15, -0.1) is 6.58 Å². The Bertz CT molecular complexity index is 1390. The topological polar surface area (TPSA) is 120 Å². The third-order valence-electron chi connectivity index (χ3n) is 6.82. The van der Waals surface area contributed by atoms with Gasteiger partial charge < -0.3 is 28.8 Å².